The van der Waals surface area contributed by atoms with E-state index in [-0.39, 0.29) is 5.41 Å². The van der Waals surface area contributed by atoms with E-state index in [1.807, 2.05) is 0 Å². The van der Waals surface area contributed by atoms with Gasteiger partial charge in [-0.3, -0.25) is 4.79 Å². The molecule has 2 aliphatic carbocycles. The average molecular weight is 325 g/mol. The highest BCUT2D eigenvalue weighted by atomic mass is 16.5. The van der Waals surface area contributed by atoms with Gasteiger partial charge in [-0.1, -0.05) is 64.2 Å². The van der Waals surface area contributed by atoms with Crippen LogP contribution < -0.4 is 0 Å². The van der Waals surface area contributed by atoms with Gasteiger partial charge in [0.15, 0.2) is 0 Å². The number of rotatable bonds is 16. The van der Waals surface area contributed by atoms with Crippen LogP contribution >= 0.6 is 0 Å². The molecule has 0 unspecified atom stereocenters. The van der Waals surface area contributed by atoms with Crippen LogP contribution in [0.25, 0.3) is 0 Å². The van der Waals surface area contributed by atoms with Crippen LogP contribution in [0.2, 0.25) is 0 Å². The van der Waals surface area contributed by atoms with Gasteiger partial charge in [0, 0.05) is 13.2 Å². The van der Waals surface area contributed by atoms with E-state index >= 15 is 0 Å². The van der Waals surface area contributed by atoms with Crippen molar-refractivity contribution in [2.24, 2.45) is 11.3 Å². The minimum atomic E-state index is -0.571. The van der Waals surface area contributed by atoms with Crippen LogP contribution in [-0.4, -0.2) is 24.3 Å². The van der Waals surface area contributed by atoms with Crippen LogP contribution in [0, 0.1) is 11.3 Å². The molecule has 0 amide bonds. The number of hydrogen-bond donors (Lipinski definition) is 1. The molecule has 2 saturated carbocycles. The molecular formula is C20H36O3. The molecule has 1 N–H and O–H groups in total. The maximum Gasteiger partial charge on any atom is 0.309 e. The number of carboxylic acid groups (broad SMARTS) is 1. The summed E-state index contributed by atoms with van der Waals surface area (Å²) in [6.07, 6.45) is 18.4. The maximum atomic E-state index is 11.0. The van der Waals surface area contributed by atoms with E-state index < -0.39 is 5.97 Å². The Labute approximate surface area is 142 Å². The van der Waals surface area contributed by atoms with Gasteiger partial charge in [-0.25, -0.2) is 0 Å². The van der Waals surface area contributed by atoms with Crippen molar-refractivity contribution in [3.8, 4) is 0 Å². The first-order valence-electron chi connectivity index (χ1n) is 10.0. The molecule has 0 saturated heterocycles. The minimum Gasteiger partial charge on any atom is -0.481 e. The molecule has 0 atom stereocenters. The summed E-state index contributed by atoms with van der Waals surface area (Å²) in [7, 11) is 0. The third-order valence-corrected chi connectivity index (χ3v) is 5.60. The average Bonchev–Trinajstić information content (AvgIpc) is 3.42. The Kier molecular flexibility index (Phi) is 8.43. The van der Waals surface area contributed by atoms with Gasteiger partial charge in [-0.05, 0) is 38.0 Å². The van der Waals surface area contributed by atoms with Gasteiger partial charge >= 0.3 is 5.97 Å². The first-order chi connectivity index (χ1) is 11.2. The lowest BCUT2D eigenvalue weighted by molar-refractivity contribution is -0.143. The SMILES string of the molecule is O=C(O)C1(CCCCCCCOCCCCCCC2CC2)CC1. The Morgan fingerprint density at radius 1 is 0.870 bits per heavy atom. The fourth-order valence-electron chi connectivity index (χ4n) is 3.42. The van der Waals surface area contributed by atoms with E-state index in [1.54, 1.807) is 0 Å². The molecule has 0 aromatic heterocycles. The molecule has 0 aromatic carbocycles. The quantitative estimate of drug-likeness (QED) is 0.378. The summed E-state index contributed by atoms with van der Waals surface area (Å²) in [5.41, 5.74) is -0.318. The zero-order chi connectivity index (χ0) is 16.4. The standard InChI is InChI=1S/C20H36O3/c21-19(22)20(14-15-20)13-7-3-1-4-8-16-23-17-9-5-2-6-10-18-11-12-18/h18H,1-17H2,(H,21,22). The number of ether oxygens (including phenoxy) is 1. The van der Waals surface area contributed by atoms with E-state index in [0.29, 0.717) is 0 Å². The highest BCUT2D eigenvalue weighted by Crippen LogP contribution is 2.50. The molecule has 3 heteroatoms. The Balaban J connectivity index is 1.24. The topological polar surface area (TPSA) is 46.5 Å². The molecule has 0 radical (unpaired) electrons. The molecule has 0 aliphatic heterocycles. The highest BCUT2D eigenvalue weighted by molar-refractivity contribution is 5.77. The van der Waals surface area contributed by atoms with E-state index in [9.17, 15) is 4.79 Å². The molecule has 3 nitrogen and oxygen atoms in total. The predicted octanol–water partition coefficient (Wildman–Crippen LogP) is 5.57. The number of carboxylic acids is 1. The van der Waals surface area contributed by atoms with Crippen LogP contribution in [-0.2, 0) is 9.53 Å². The summed E-state index contributed by atoms with van der Waals surface area (Å²) in [6.45, 7) is 1.84. The Morgan fingerprint density at radius 2 is 1.43 bits per heavy atom. The van der Waals surface area contributed by atoms with E-state index in [4.69, 9.17) is 9.84 Å². The van der Waals surface area contributed by atoms with Crippen LogP contribution in [0.5, 0.6) is 0 Å². The third kappa shape index (κ3) is 8.19. The molecule has 0 aromatic rings. The zero-order valence-electron chi connectivity index (χ0n) is 14.9. The molecule has 2 rings (SSSR count). The van der Waals surface area contributed by atoms with Gasteiger partial charge in [-0.15, -0.1) is 0 Å². The van der Waals surface area contributed by atoms with Crippen LogP contribution in [0.3, 0.4) is 0 Å². The van der Waals surface area contributed by atoms with Gasteiger partial charge in [0.2, 0.25) is 0 Å². The molecule has 0 spiro atoms. The first kappa shape index (κ1) is 18.8. The van der Waals surface area contributed by atoms with Crippen LogP contribution in [0.15, 0.2) is 0 Å². The first-order valence-corrected chi connectivity index (χ1v) is 10.0. The van der Waals surface area contributed by atoms with Gasteiger partial charge in [0.1, 0.15) is 0 Å². The lowest BCUT2D eigenvalue weighted by atomic mass is 9.98. The Hall–Kier alpha value is -0.570. The van der Waals surface area contributed by atoms with Crippen molar-refractivity contribution in [2.45, 2.75) is 96.3 Å². The van der Waals surface area contributed by atoms with E-state index in [0.717, 1.165) is 51.2 Å². The lowest BCUT2D eigenvalue weighted by Crippen LogP contribution is -2.14. The summed E-state index contributed by atoms with van der Waals surface area (Å²) >= 11 is 0. The summed E-state index contributed by atoms with van der Waals surface area (Å²) in [5.74, 6) is 0.517. The number of aliphatic carboxylic acids is 1. The second-order valence-corrected chi connectivity index (χ2v) is 7.86. The smallest absolute Gasteiger partial charge is 0.309 e. The second-order valence-electron chi connectivity index (χ2n) is 7.86. The molecule has 23 heavy (non-hydrogen) atoms. The molecule has 2 aliphatic rings. The van der Waals surface area contributed by atoms with Crippen molar-refractivity contribution >= 4 is 5.97 Å². The van der Waals surface area contributed by atoms with E-state index in [2.05, 4.69) is 0 Å². The summed E-state index contributed by atoms with van der Waals surface area (Å²) < 4.78 is 5.70. The summed E-state index contributed by atoms with van der Waals surface area (Å²) in [4.78, 5) is 11.0. The van der Waals surface area contributed by atoms with Gasteiger partial charge in [0.05, 0.1) is 5.41 Å². The van der Waals surface area contributed by atoms with E-state index in [1.165, 1.54) is 64.2 Å². The lowest BCUT2D eigenvalue weighted by Gasteiger charge is -2.08. The fraction of sp³-hybridized carbons (Fsp3) is 0.950. The third-order valence-electron chi connectivity index (χ3n) is 5.60. The molecular weight excluding hydrogens is 288 g/mol. The molecule has 2 fully saturated rings. The summed E-state index contributed by atoms with van der Waals surface area (Å²) in [6, 6.07) is 0. The zero-order valence-corrected chi connectivity index (χ0v) is 14.9. The number of carbonyl (C=O) groups is 1. The summed E-state index contributed by atoms with van der Waals surface area (Å²) in [5, 5.41) is 9.11. The predicted molar refractivity (Wildman–Crippen MR) is 93.6 cm³/mol. The largest absolute Gasteiger partial charge is 0.481 e. The molecule has 134 valence electrons. The van der Waals surface area contributed by atoms with Crippen LogP contribution in [0.4, 0.5) is 0 Å². The van der Waals surface area contributed by atoms with Crippen molar-refractivity contribution in [3.63, 3.8) is 0 Å². The normalized spacial score (nSPS) is 19.0. The van der Waals surface area contributed by atoms with Crippen LogP contribution in [0.1, 0.15) is 96.3 Å². The maximum absolute atomic E-state index is 11.0. The number of unbranched alkanes of at least 4 members (excludes halogenated alkanes) is 7. The van der Waals surface area contributed by atoms with Crippen molar-refractivity contribution in [2.75, 3.05) is 13.2 Å². The van der Waals surface area contributed by atoms with Gasteiger partial charge < -0.3 is 9.84 Å². The molecule has 0 bridgehead atoms. The number of hydrogen-bond acceptors (Lipinski definition) is 2. The van der Waals surface area contributed by atoms with Gasteiger partial charge in [-0.2, -0.15) is 0 Å². The highest BCUT2D eigenvalue weighted by Gasteiger charge is 2.49. The minimum absolute atomic E-state index is 0.318. The van der Waals surface area contributed by atoms with Crippen molar-refractivity contribution in [1.29, 1.82) is 0 Å². The second kappa shape index (κ2) is 10.3. The monoisotopic (exact) mass is 324 g/mol. The van der Waals surface area contributed by atoms with Crippen molar-refractivity contribution in [1.82, 2.24) is 0 Å². The fourth-order valence-corrected chi connectivity index (χ4v) is 3.42. The van der Waals surface area contributed by atoms with Gasteiger partial charge in [0.25, 0.3) is 0 Å². The Morgan fingerprint density at radius 3 is 2.00 bits per heavy atom. The van der Waals surface area contributed by atoms with Crippen molar-refractivity contribution in [3.05, 3.63) is 0 Å². The van der Waals surface area contributed by atoms with Crippen molar-refractivity contribution < 1.29 is 14.6 Å². The molecule has 0 heterocycles. The Bertz CT molecular complexity index is 332.